The first-order valence-electron chi connectivity index (χ1n) is 4.68. The summed E-state index contributed by atoms with van der Waals surface area (Å²) >= 11 is 0.969. The molecule has 0 unspecified atom stereocenters. The molecular formula is C10H11NO6S. The number of nitro groups is 1. The molecule has 0 saturated carbocycles. The van der Waals surface area contributed by atoms with Crippen molar-refractivity contribution in [2.24, 2.45) is 0 Å². The Hall–Kier alpha value is -1.96. The van der Waals surface area contributed by atoms with Crippen molar-refractivity contribution in [1.29, 1.82) is 0 Å². The maximum atomic E-state index is 11.1. The molecule has 0 radical (unpaired) electrons. The third-order valence-corrected chi connectivity index (χ3v) is 3.04. The Kier molecular flexibility index (Phi) is 4.38. The first-order chi connectivity index (χ1) is 8.47. The van der Waals surface area contributed by atoms with Crippen LogP contribution in [0.15, 0.2) is 11.0 Å². The molecule has 7 nitrogen and oxygen atoms in total. The molecule has 0 amide bonds. The van der Waals surface area contributed by atoms with Gasteiger partial charge in [0.05, 0.1) is 24.7 Å². The van der Waals surface area contributed by atoms with Crippen molar-refractivity contribution in [3.05, 3.63) is 21.7 Å². The first kappa shape index (κ1) is 14.1. The third kappa shape index (κ3) is 2.33. The highest BCUT2D eigenvalue weighted by atomic mass is 32.2. The Labute approximate surface area is 107 Å². The van der Waals surface area contributed by atoms with E-state index in [2.05, 4.69) is 0 Å². The lowest BCUT2D eigenvalue weighted by atomic mass is 10.1. The highest BCUT2D eigenvalue weighted by Crippen LogP contribution is 2.45. The summed E-state index contributed by atoms with van der Waals surface area (Å²) in [5.41, 5.74) is -0.589. The van der Waals surface area contributed by atoms with E-state index in [1.807, 2.05) is 0 Å². The summed E-state index contributed by atoms with van der Waals surface area (Å²) in [5.74, 6) is -1.33. The maximum absolute atomic E-state index is 11.1. The van der Waals surface area contributed by atoms with Crippen LogP contribution in [0.5, 0.6) is 11.5 Å². The number of methoxy groups -OCH3 is 2. The number of nitrogens with zero attached hydrogens (tertiary/aromatic N) is 1. The van der Waals surface area contributed by atoms with Crippen molar-refractivity contribution in [1.82, 2.24) is 0 Å². The van der Waals surface area contributed by atoms with Crippen LogP contribution in [0.1, 0.15) is 10.4 Å². The SMILES string of the molecule is COc1cc(C(=O)O)c(SC)c([N+](=O)[O-])c1OC. The summed E-state index contributed by atoms with van der Waals surface area (Å²) in [6, 6.07) is 1.21. The van der Waals surface area contributed by atoms with Gasteiger partial charge in [-0.15, -0.1) is 11.8 Å². The fourth-order valence-electron chi connectivity index (χ4n) is 1.49. The molecule has 0 spiro atoms. The van der Waals surface area contributed by atoms with Gasteiger partial charge >= 0.3 is 11.7 Å². The summed E-state index contributed by atoms with van der Waals surface area (Å²) in [5, 5.41) is 20.1. The number of benzene rings is 1. The van der Waals surface area contributed by atoms with Crippen LogP contribution >= 0.6 is 11.8 Å². The number of carbonyl (C=O) groups is 1. The Balaban J connectivity index is 3.75. The molecule has 1 N–H and O–H groups in total. The van der Waals surface area contributed by atoms with Gasteiger partial charge in [0.15, 0.2) is 5.75 Å². The van der Waals surface area contributed by atoms with E-state index in [4.69, 9.17) is 14.6 Å². The fourth-order valence-corrected chi connectivity index (χ4v) is 2.22. The molecular weight excluding hydrogens is 262 g/mol. The molecule has 0 aliphatic rings. The average Bonchev–Trinajstić information content (AvgIpc) is 2.35. The largest absolute Gasteiger partial charge is 0.493 e. The van der Waals surface area contributed by atoms with Crippen LogP contribution in [-0.4, -0.2) is 36.5 Å². The second-order valence-corrected chi connectivity index (χ2v) is 3.92. The zero-order valence-corrected chi connectivity index (χ0v) is 10.7. The van der Waals surface area contributed by atoms with Gasteiger partial charge in [-0.05, 0) is 6.26 Å². The van der Waals surface area contributed by atoms with Crippen LogP contribution in [0.3, 0.4) is 0 Å². The van der Waals surface area contributed by atoms with Crippen molar-refractivity contribution in [2.45, 2.75) is 4.90 Å². The van der Waals surface area contributed by atoms with E-state index in [0.29, 0.717) is 0 Å². The monoisotopic (exact) mass is 273 g/mol. The first-order valence-corrected chi connectivity index (χ1v) is 5.91. The zero-order chi connectivity index (χ0) is 13.9. The molecule has 8 heteroatoms. The average molecular weight is 273 g/mol. The lowest BCUT2D eigenvalue weighted by Gasteiger charge is -2.12. The molecule has 1 rings (SSSR count). The van der Waals surface area contributed by atoms with Crippen molar-refractivity contribution in [2.75, 3.05) is 20.5 Å². The highest BCUT2D eigenvalue weighted by Gasteiger charge is 2.30. The van der Waals surface area contributed by atoms with E-state index in [1.165, 1.54) is 20.3 Å². The third-order valence-electron chi connectivity index (χ3n) is 2.22. The van der Waals surface area contributed by atoms with Crippen LogP contribution in [0.2, 0.25) is 0 Å². The predicted molar refractivity (Wildman–Crippen MR) is 64.9 cm³/mol. The summed E-state index contributed by atoms with van der Waals surface area (Å²) in [6.07, 6.45) is 1.56. The van der Waals surface area contributed by atoms with E-state index in [9.17, 15) is 14.9 Å². The number of thioether (sulfide) groups is 1. The quantitative estimate of drug-likeness (QED) is 0.497. The van der Waals surface area contributed by atoms with Gasteiger partial charge in [0, 0.05) is 6.07 Å². The topological polar surface area (TPSA) is 98.9 Å². The van der Waals surface area contributed by atoms with Gasteiger partial charge in [-0.1, -0.05) is 0 Å². The summed E-state index contributed by atoms with van der Waals surface area (Å²) in [7, 11) is 2.54. The lowest BCUT2D eigenvalue weighted by Crippen LogP contribution is -2.06. The smallest absolute Gasteiger partial charge is 0.337 e. The second kappa shape index (κ2) is 5.58. The van der Waals surface area contributed by atoms with Gasteiger partial charge in [0.25, 0.3) is 0 Å². The van der Waals surface area contributed by atoms with Crippen LogP contribution in [0.4, 0.5) is 5.69 Å². The molecule has 0 fully saturated rings. The van der Waals surface area contributed by atoms with Crippen molar-refractivity contribution in [3.8, 4) is 11.5 Å². The predicted octanol–water partition coefficient (Wildman–Crippen LogP) is 2.03. The number of aromatic carboxylic acids is 1. The minimum Gasteiger partial charge on any atom is -0.493 e. The van der Waals surface area contributed by atoms with Gasteiger partial charge in [-0.2, -0.15) is 0 Å². The fraction of sp³-hybridized carbons (Fsp3) is 0.300. The molecule has 0 bridgehead atoms. The number of hydrogen-bond donors (Lipinski definition) is 1. The number of ether oxygens (including phenoxy) is 2. The van der Waals surface area contributed by atoms with Crippen molar-refractivity contribution < 1.29 is 24.3 Å². The number of rotatable bonds is 5. The molecule has 98 valence electrons. The summed E-state index contributed by atoms with van der Waals surface area (Å²) < 4.78 is 9.85. The van der Waals surface area contributed by atoms with Crippen LogP contribution < -0.4 is 9.47 Å². The van der Waals surface area contributed by atoms with Crippen molar-refractivity contribution >= 4 is 23.4 Å². The minimum atomic E-state index is -1.26. The number of carboxylic acid groups (broad SMARTS) is 1. The number of nitro benzene ring substituents is 1. The molecule has 1 aromatic carbocycles. The number of hydrogen-bond acceptors (Lipinski definition) is 6. The van der Waals surface area contributed by atoms with E-state index in [-0.39, 0.29) is 22.0 Å². The minimum absolute atomic E-state index is 0.0133. The van der Waals surface area contributed by atoms with Crippen LogP contribution in [0.25, 0.3) is 0 Å². The Morgan fingerprint density at radius 2 is 2.06 bits per heavy atom. The zero-order valence-electron chi connectivity index (χ0n) is 9.92. The van der Waals surface area contributed by atoms with Gasteiger partial charge in [0.2, 0.25) is 5.75 Å². The van der Waals surface area contributed by atoms with E-state index >= 15 is 0 Å². The molecule has 18 heavy (non-hydrogen) atoms. The molecule has 0 saturated heterocycles. The molecule has 1 aromatic rings. The normalized spacial score (nSPS) is 9.94. The molecule has 0 aliphatic heterocycles. The van der Waals surface area contributed by atoms with E-state index in [0.717, 1.165) is 11.8 Å². The van der Waals surface area contributed by atoms with Crippen LogP contribution in [0, 0.1) is 10.1 Å². The van der Waals surface area contributed by atoms with Gasteiger partial charge < -0.3 is 14.6 Å². The van der Waals surface area contributed by atoms with Crippen LogP contribution in [-0.2, 0) is 0 Å². The Morgan fingerprint density at radius 3 is 2.39 bits per heavy atom. The van der Waals surface area contributed by atoms with Gasteiger partial charge in [-0.3, -0.25) is 10.1 Å². The molecule has 0 atom stereocenters. The summed E-state index contributed by atoms with van der Waals surface area (Å²) in [6.45, 7) is 0. The van der Waals surface area contributed by atoms with Gasteiger partial charge in [0.1, 0.15) is 4.90 Å². The number of carboxylic acids is 1. The van der Waals surface area contributed by atoms with Gasteiger partial charge in [-0.25, -0.2) is 4.79 Å². The molecule has 0 aliphatic carbocycles. The lowest BCUT2D eigenvalue weighted by molar-refractivity contribution is -0.388. The maximum Gasteiger partial charge on any atom is 0.337 e. The Morgan fingerprint density at radius 1 is 1.44 bits per heavy atom. The van der Waals surface area contributed by atoms with E-state index in [1.54, 1.807) is 6.26 Å². The Bertz CT molecular complexity index is 502. The summed E-state index contributed by atoms with van der Waals surface area (Å²) in [4.78, 5) is 21.5. The second-order valence-electron chi connectivity index (χ2n) is 3.10. The molecule has 0 aromatic heterocycles. The molecule has 0 heterocycles. The standard InChI is InChI=1S/C10H11NO6S/c1-16-6-4-5(10(12)13)9(18-3)7(11(14)15)8(6)17-2/h4H,1-3H3,(H,12,13). The van der Waals surface area contributed by atoms with Crippen molar-refractivity contribution in [3.63, 3.8) is 0 Å². The highest BCUT2D eigenvalue weighted by molar-refractivity contribution is 7.98. The van der Waals surface area contributed by atoms with E-state index < -0.39 is 16.6 Å².